The normalized spacial score (nSPS) is 11.3. The number of rotatable bonds is 9. The number of nitrogens with zero attached hydrogens (tertiary/aromatic N) is 1. The number of benzene rings is 3. The predicted octanol–water partition coefficient (Wildman–Crippen LogP) is 6.81. The number of ether oxygens (including phenoxy) is 1. The first-order valence-electron chi connectivity index (χ1n) is 10.9. The summed E-state index contributed by atoms with van der Waals surface area (Å²) >= 11 is 1.61. The van der Waals surface area contributed by atoms with Crippen LogP contribution in [-0.2, 0) is 17.7 Å². The van der Waals surface area contributed by atoms with Crippen LogP contribution in [-0.4, -0.2) is 23.4 Å². The summed E-state index contributed by atoms with van der Waals surface area (Å²) in [5.74, 6) is -0.437. The zero-order valence-electron chi connectivity index (χ0n) is 18.7. The van der Waals surface area contributed by atoms with E-state index >= 15 is 0 Å². The first kappa shape index (κ1) is 23.1. The Balaban J connectivity index is 1.57. The fourth-order valence-corrected chi connectivity index (χ4v) is 4.69. The molecule has 0 unspecified atom stereocenters. The van der Waals surface area contributed by atoms with Crippen molar-refractivity contribution in [2.24, 2.45) is 0 Å². The lowest BCUT2D eigenvalue weighted by Gasteiger charge is -2.21. The molecular weight excluding hydrogens is 437 g/mol. The summed E-state index contributed by atoms with van der Waals surface area (Å²) in [5.41, 5.74) is 3.59. The Kier molecular flexibility index (Phi) is 7.47. The molecular formula is C27H26FNO3S. The van der Waals surface area contributed by atoms with E-state index in [0.29, 0.717) is 18.7 Å². The minimum absolute atomic E-state index is 0.234. The second-order valence-electron chi connectivity index (χ2n) is 7.75. The number of aryl methyl sites for hydroxylation is 1. The average Bonchev–Trinajstić information content (AvgIpc) is 3.14. The number of hydrogen-bond acceptors (Lipinski definition) is 5. The van der Waals surface area contributed by atoms with Gasteiger partial charge >= 0.3 is 5.97 Å². The van der Waals surface area contributed by atoms with E-state index in [-0.39, 0.29) is 11.6 Å². The molecule has 4 rings (SSSR count). The van der Waals surface area contributed by atoms with Gasteiger partial charge in [0.05, 0.1) is 6.61 Å². The molecule has 33 heavy (non-hydrogen) atoms. The van der Waals surface area contributed by atoms with Crippen LogP contribution in [0.5, 0.6) is 0 Å². The van der Waals surface area contributed by atoms with Crippen LogP contribution in [0, 0.1) is 12.7 Å². The Hall–Kier alpha value is -3.09. The fourth-order valence-electron chi connectivity index (χ4n) is 3.69. The van der Waals surface area contributed by atoms with Gasteiger partial charge < -0.3 is 9.15 Å². The predicted molar refractivity (Wildman–Crippen MR) is 130 cm³/mol. The number of carbonyl (C=O) groups excluding carboxylic acids is 1. The Bertz CT molecular complexity index is 1240. The lowest BCUT2D eigenvalue weighted by atomic mass is 10.1. The van der Waals surface area contributed by atoms with Gasteiger partial charge in [0.1, 0.15) is 11.4 Å². The van der Waals surface area contributed by atoms with Crippen molar-refractivity contribution in [3.63, 3.8) is 0 Å². The number of hydrogen-bond donors (Lipinski definition) is 0. The molecule has 1 heterocycles. The van der Waals surface area contributed by atoms with E-state index in [4.69, 9.17) is 9.15 Å². The second kappa shape index (κ2) is 10.7. The Morgan fingerprint density at radius 3 is 2.58 bits per heavy atom. The smallest absolute Gasteiger partial charge is 0.374 e. The molecule has 0 atom stereocenters. The summed E-state index contributed by atoms with van der Waals surface area (Å²) < 4.78 is 26.8. The van der Waals surface area contributed by atoms with Crippen molar-refractivity contribution in [2.45, 2.75) is 31.7 Å². The van der Waals surface area contributed by atoms with Crippen LogP contribution >= 0.6 is 11.9 Å². The third kappa shape index (κ3) is 5.83. The Morgan fingerprint density at radius 2 is 1.82 bits per heavy atom. The zero-order chi connectivity index (χ0) is 23.2. The van der Waals surface area contributed by atoms with Gasteiger partial charge in [-0.2, -0.15) is 0 Å². The average molecular weight is 464 g/mol. The standard InChI is InChI=1S/C27H26FNO3S/c1-3-31-27(30)26-19(2)24-17-23(12-13-25(24)32-26)33-29(15-14-20-8-5-4-6-9-20)18-21-10-7-11-22(28)16-21/h4-13,16-17H,3,14-15,18H2,1-2H3. The molecule has 0 aliphatic heterocycles. The monoisotopic (exact) mass is 463 g/mol. The van der Waals surface area contributed by atoms with E-state index in [9.17, 15) is 9.18 Å². The molecule has 1 aromatic heterocycles. The van der Waals surface area contributed by atoms with Gasteiger partial charge in [0.25, 0.3) is 0 Å². The van der Waals surface area contributed by atoms with Crippen LogP contribution in [0.15, 0.2) is 82.1 Å². The van der Waals surface area contributed by atoms with E-state index < -0.39 is 5.97 Å². The summed E-state index contributed by atoms with van der Waals surface area (Å²) in [6.45, 7) is 5.33. The SMILES string of the molecule is CCOC(=O)c1oc2ccc(SN(CCc3ccccc3)Cc3cccc(F)c3)cc2c1C. The zero-order valence-corrected chi connectivity index (χ0v) is 19.5. The van der Waals surface area contributed by atoms with Crippen LogP contribution in [0.3, 0.4) is 0 Å². The number of carbonyl (C=O) groups is 1. The van der Waals surface area contributed by atoms with Gasteiger partial charge in [0.15, 0.2) is 0 Å². The summed E-state index contributed by atoms with van der Waals surface area (Å²) in [6.07, 6.45) is 0.878. The fraction of sp³-hybridized carbons (Fsp3) is 0.222. The maximum absolute atomic E-state index is 13.8. The highest BCUT2D eigenvalue weighted by molar-refractivity contribution is 7.97. The van der Waals surface area contributed by atoms with E-state index in [1.54, 1.807) is 31.0 Å². The molecule has 0 radical (unpaired) electrons. The van der Waals surface area contributed by atoms with Crippen molar-refractivity contribution in [1.29, 1.82) is 0 Å². The van der Waals surface area contributed by atoms with Crippen molar-refractivity contribution in [3.05, 3.63) is 101 Å². The Labute approximate surface area is 197 Å². The molecule has 6 heteroatoms. The van der Waals surface area contributed by atoms with Crippen molar-refractivity contribution >= 4 is 28.9 Å². The molecule has 0 aliphatic rings. The van der Waals surface area contributed by atoms with Crippen molar-refractivity contribution in [2.75, 3.05) is 13.2 Å². The van der Waals surface area contributed by atoms with Crippen molar-refractivity contribution in [3.8, 4) is 0 Å². The van der Waals surface area contributed by atoms with Gasteiger partial charge in [0, 0.05) is 28.9 Å². The molecule has 0 N–H and O–H groups in total. The van der Waals surface area contributed by atoms with E-state index in [1.807, 2.05) is 49.4 Å². The maximum atomic E-state index is 13.8. The first-order valence-corrected chi connectivity index (χ1v) is 11.7. The molecule has 0 amide bonds. The molecule has 170 valence electrons. The molecule has 0 spiro atoms. The van der Waals surface area contributed by atoms with Crippen molar-refractivity contribution < 1.29 is 18.3 Å². The lowest BCUT2D eigenvalue weighted by molar-refractivity contribution is 0.0491. The van der Waals surface area contributed by atoms with Gasteiger partial charge in [-0.25, -0.2) is 13.5 Å². The summed E-state index contributed by atoms with van der Waals surface area (Å²) in [5, 5.41) is 0.886. The number of fused-ring (bicyclic) bond motifs is 1. The van der Waals surface area contributed by atoms with Crippen LogP contribution in [0.1, 0.15) is 34.2 Å². The molecule has 3 aromatic carbocycles. The van der Waals surface area contributed by atoms with Gasteiger partial charge in [-0.05, 0) is 73.7 Å². The summed E-state index contributed by atoms with van der Waals surface area (Å²) in [7, 11) is 0. The van der Waals surface area contributed by atoms with Crippen LogP contribution < -0.4 is 0 Å². The molecule has 0 bridgehead atoms. The van der Waals surface area contributed by atoms with Gasteiger partial charge in [-0.3, -0.25) is 0 Å². The minimum atomic E-state index is -0.448. The quantitative estimate of drug-likeness (QED) is 0.201. The second-order valence-corrected chi connectivity index (χ2v) is 8.93. The minimum Gasteiger partial charge on any atom is -0.460 e. The summed E-state index contributed by atoms with van der Waals surface area (Å²) in [4.78, 5) is 13.2. The number of esters is 1. The van der Waals surface area contributed by atoms with E-state index in [2.05, 4.69) is 16.4 Å². The molecule has 0 saturated carbocycles. The van der Waals surface area contributed by atoms with E-state index in [1.165, 1.54) is 11.6 Å². The van der Waals surface area contributed by atoms with Crippen LogP contribution in [0.25, 0.3) is 11.0 Å². The highest BCUT2D eigenvalue weighted by Gasteiger charge is 2.19. The van der Waals surface area contributed by atoms with Crippen LogP contribution in [0.2, 0.25) is 0 Å². The van der Waals surface area contributed by atoms with Gasteiger partial charge in [-0.15, -0.1) is 0 Å². The molecule has 4 nitrogen and oxygen atoms in total. The summed E-state index contributed by atoms with van der Waals surface area (Å²) in [6, 6.07) is 22.9. The topological polar surface area (TPSA) is 42.7 Å². The molecule has 0 saturated heterocycles. The van der Waals surface area contributed by atoms with E-state index in [0.717, 1.165) is 34.4 Å². The van der Waals surface area contributed by atoms with Crippen LogP contribution in [0.4, 0.5) is 4.39 Å². The third-order valence-corrected chi connectivity index (χ3v) is 6.38. The first-order chi connectivity index (χ1) is 16.0. The molecule has 4 aromatic rings. The lowest BCUT2D eigenvalue weighted by Crippen LogP contribution is -2.18. The highest BCUT2D eigenvalue weighted by Crippen LogP contribution is 2.32. The number of halogens is 1. The third-order valence-electron chi connectivity index (χ3n) is 5.34. The maximum Gasteiger partial charge on any atom is 0.374 e. The molecule has 0 aliphatic carbocycles. The largest absolute Gasteiger partial charge is 0.460 e. The van der Waals surface area contributed by atoms with Crippen molar-refractivity contribution in [1.82, 2.24) is 4.31 Å². The van der Waals surface area contributed by atoms with Gasteiger partial charge in [0.2, 0.25) is 5.76 Å². The highest BCUT2D eigenvalue weighted by atomic mass is 32.2. The Morgan fingerprint density at radius 1 is 1.03 bits per heavy atom. The molecule has 0 fully saturated rings. The number of furan rings is 1. The van der Waals surface area contributed by atoms with Gasteiger partial charge in [-0.1, -0.05) is 42.5 Å².